The number of rotatable bonds is 2. The Morgan fingerprint density at radius 2 is 2.32 bits per heavy atom. The molecule has 6 heteroatoms. The third-order valence-electron chi connectivity index (χ3n) is 2.81. The highest BCUT2D eigenvalue weighted by molar-refractivity contribution is 9.10. The molecule has 0 unspecified atom stereocenters. The van der Waals surface area contributed by atoms with E-state index in [0.29, 0.717) is 10.4 Å². The lowest BCUT2D eigenvalue weighted by atomic mass is 10.2. The van der Waals surface area contributed by atoms with Gasteiger partial charge in [-0.15, -0.1) is 11.3 Å². The minimum absolute atomic E-state index is 0.0741. The first-order chi connectivity index (χ1) is 9.22. The van der Waals surface area contributed by atoms with E-state index in [0.717, 1.165) is 22.8 Å². The molecule has 1 N–H and O–H groups in total. The fourth-order valence-electron chi connectivity index (χ4n) is 1.91. The zero-order valence-electron chi connectivity index (χ0n) is 9.98. The number of nitrogens with zero attached hydrogens (tertiary/aromatic N) is 1. The summed E-state index contributed by atoms with van der Waals surface area (Å²) in [6.45, 7) is 0. The highest BCUT2D eigenvalue weighted by Crippen LogP contribution is 2.32. The van der Waals surface area contributed by atoms with Crippen molar-refractivity contribution in [3.05, 3.63) is 44.2 Å². The van der Waals surface area contributed by atoms with Gasteiger partial charge in [-0.25, -0.2) is 4.98 Å². The van der Waals surface area contributed by atoms with Gasteiger partial charge in [0.15, 0.2) is 0 Å². The molecule has 1 aliphatic heterocycles. The summed E-state index contributed by atoms with van der Waals surface area (Å²) >= 11 is 6.82. The van der Waals surface area contributed by atoms with Crippen LogP contribution in [0, 0.1) is 0 Å². The number of hydrogen-bond donors (Lipinski definition) is 1. The van der Waals surface area contributed by atoms with Crippen molar-refractivity contribution >= 4 is 50.8 Å². The first kappa shape index (κ1) is 13.1. The molecular formula is C13H11BrN2OS2. The van der Waals surface area contributed by atoms with Crippen LogP contribution in [0.2, 0.25) is 0 Å². The number of pyridine rings is 1. The van der Waals surface area contributed by atoms with Crippen LogP contribution in [0.5, 0.6) is 0 Å². The lowest BCUT2D eigenvalue weighted by molar-refractivity contribution is 0.103. The minimum Gasteiger partial charge on any atom is -0.306 e. The molecule has 3 rings (SSSR count). The van der Waals surface area contributed by atoms with Crippen LogP contribution in [-0.4, -0.2) is 16.6 Å². The summed E-state index contributed by atoms with van der Waals surface area (Å²) in [6.07, 6.45) is 1.08. The largest absolute Gasteiger partial charge is 0.306 e. The van der Waals surface area contributed by atoms with Crippen molar-refractivity contribution in [2.24, 2.45) is 0 Å². The Morgan fingerprint density at radius 3 is 3.11 bits per heavy atom. The molecule has 0 saturated carbocycles. The van der Waals surface area contributed by atoms with E-state index < -0.39 is 0 Å². The lowest BCUT2D eigenvalue weighted by Crippen LogP contribution is -2.11. The summed E-state index contributed by atoms with van der Waals surface area (Å²) in [5.41, 5.74) is 1.31. The third-order valence-corrected chi connectivity index (χ3v) is 5.49. The zero-order valence-corrected chi connectivity index (χ0v) is 13.2. The number of halogens is 1. The van der Waals surface area contributed by atoms with E-state index >= 15 is 0 Å². The molecule has 0 radical (unpaired) electrons. The van der Waals surface area contributed by atoms with Gasteiger partial charge in [0.25, 0.3) is 5.91 Å². The number of anilines is 1. The van der Waals surface area contributed by atoms with Gasteiger partial charge in [-0.1, -0.05) is 6.07 Å². The van der Waals surface area contributed by atoms with E-state index in [1.807, 2.05) is 30.0 Å². The highest BCUT2D eigenvalue weighted by atomic mass is 79.9. The average Bonchev–Trinajstić information content (AvgIpc) is 2.82. The molecule has 1 aliphatic rings. The van der Waals surface area contributed by atoms with E-state index in [-0.39, 0.29) is 5.91 Å². The molecule has 0 fully saturated rings. The number of carbonyl (C=O) groups is 1. The molecule has 2 aromatic heterocycles. The Morgan fingerprint density at radius 1 is 1.42 bits per heavy atom. The molecule has 19 heavy (non-hydrogen) atoms. The number of hydrogen-bond acceptors (Lipinski definition) is 4. The predicted octanol–water partition coefficient (Wildman–Crippen LogP) is 3.95. The van der Waals surface area contributed by atoms with Crippen LogP contribution in [0.1, 0.15) is 20.1 Å². The molecule has 0 atom stereocenters. The molecule has 98 valence electrons. The number of aromatic nitrogens is 1. The monoisotopic (exact) mass is 354 g/mol. The van der Waals surface area contributed by atoms with Crippen LogP contribution in [0.3, 0.4) is 0 Å². The standard InChI is InChI=1S/C13H11BrN2OS2/c14-11-2-1-3-12(15-11)16-13(17)10-6-8-7-18-5-4-9(8)19-10/h1-3,6H,4-5,7H2,(H,15,16,17). The Hall–Kier alpha value is -0.850. The summed E-state index contributed by atoms with van der Waals surface area (Å²) in [5, 5.41) is 2.83. The zero-order chi connectivity index (χ0) is 13.2. The van der Waals surface area contributed by atoms with Crippen molar-refractivity contribution in [1.29, 1.82) is 0 Å². The summed E-state index contributed by atoms with van der Waals surface area (Å²) in [6, 6.07) is 7.48. The van der Waals surface area contributed by atoms with Crippen LogP contribution in [0.25, 0.3) is 0 Å². The molecule has 1 amide bonds. The molecule has 3 nitrogen and oxygen atoms in total. The van der Waals surface area contributed by atoms with Crippen molar-refractivity contribution in [3.8, 4) is 0 Å². The second-order valence-corrected chi connectivity index (χ2v) is 7.22. The van der Waals surface area contributed by atoms with E-state index in [4.69, 9.17) is 0 Å². The van der Waals surface area contributed by atoms with Gasteiger partial charge in [-0.2, -0.15) is 11.8 Å². The van der Waals surface area contributed by atoms with Crippen LogP contribution < -0.4 is 5.32 Å². The SMILES string of the molecule is O=C(Nc1cccc(Br)n1)c1cc2c(s1)CCSC2. The maximum Gasteiger partial charge on any atom is 0.266 e. The number of aryl methyl sites for hydroxylation is 1. The van der Waals surface area contributed by atoms with E-state index in [1.165, 1.54) is 10.4 Å². The van der Waals surface area contributed by atoms with Crippen molar-refractivity contribution in [3.63, 3.8) is 0 Å². The first-order valence-electron chi connectivity index (χ1n) is 5.85. The van der Waals surface area contributed by atoms with E-state index in [1.54, 1.807) is 17.4 Å². The van der Waals surface area contributed by atoms with E-state index in [2.05, 4.69) is 26.2 Å². The van der Waals surface area contributed by atoms with Crippen LogP contribution >= 0.6 is 39.0 Å². The fourth-order valence-corrected chi connectivity index (χ4v) is 4.53. The molecular weight excluding hydrogens is 344 g/mol. The Kier molecular flexibility index (Phi) is 3.91. The number of thioether (sulfide) groups is 1. The van der Waals surface area contributed by atoms with Gasteiger partial charge in [0, 0.05) is 10.6 Å². The Labute approximate surface area is 128 Å². The van der Waals surface area contributed by atoms with Gasteiger partial charge in [0.05, 0.1) is 4.88 Å². The van der Waals surface area contributed by atoms with Gasteiger partial charge in [-0.05, 0) is 51.9 Å². The fraction of sp³-hybridized carbons (Fsp3) is 0.231. The van der Waals surface area contributed by atoms with Gasteiger partial charge in [-0.3, -0.25) is 4.79 Å². The average molecular weight is 355 g/mol. The Bertz CT molecular complexity index is 603. The molecule has 0 saturated heterocycles. The Balaban J connectivity index is 1.78. The number of amides is 1. The van der Waals surface area contributed by atoms with Gasteiger partial charge >= 0.3 is 0 Å². The van der Waals surface area contributed by atoms with Crippen LogP contribution in [-0.2, 0) is 12.2 Å². The molecule has 0 spiro atoms. The maximum atomic E-state index is 12.2. The topological polar surface area (TPSA) is 42.0 Å². The van der Waals surface area contributed by atoms with Gasteiger partial charge in [0.2, 0.25) is 0 Å². The smallest absolute Gasteiger partial charge is 0.266 e. The van der Waals surface area contributed by atoms with Crippen molar-refractivity contribution in [1.82, 2.24) is 4.98 Å². The van der Waals surface area contributed by atoms with Crippen molar-refractivity contribution in [2.75, 3.05) is 11.1 Å². The number of fused-ring (bicyclic) bond motifs is 1. The van der Waals surface area contributed by atoms with Gasteiger partial charge in [0.1, 0.15) is 10.4 Å². The van der Waals surface area contributed by atoms with E-state index in [9.17, 15) is 4.79 Å². The maximum absolute atomic E-state index is 12.2. The third kappa shape index (κ3) is 3.01. The second-order valence-electron chi connectivity index (χ2n) is 4.16. The van der Waals surface area contributed by atoms with Crippen LogP contribution in [0.4, 0.5) is 5.82 Å². The molecule has 2 aromatic rings. The predicted molar refractivity (Wildman–Crippen MR) is 84.1 cm³/mol. The second kappa shape index (κ2) is 5.64. The number of carbonyl (C=O) groups excluding carboxylic acids is 1. The van der Waals surface area contributed by atoms with Crippen molar-refractivity contribution in [2.45, 2.75) is 12.2 Å². The molecule has 3 heterocycles. The van der Waals surface area contributed by atoms with Crippen LogP contribution in [0.15, 0.2) is 28.9 Å². The number of thiophene rings is 1. The summed E-state index contributed by atoms with van der Waals surface area (Å²) < 4.78 is 0.715. The summed E-state index contributed by atoms with van der Waals surface area (Å²) in [5.74, 6) is 2.67. The molecule has 0 bridgehead atoms. The lowest BCUT2D eigenvalue weighted by Gasteiger charge is -2.08. The molecule has 0 aromatic carbocycles. The number of nitrogens with one attached hydrogen (secondary N) is 1. The van der Waals surface area contributed by atoms with Gasteiger partial charge < -0.3 is 5.32 Å². The summed E-state index contributed by atoms with van der Waals surface area (Å²) in [7, 11) is 0. The molecule has 0 aliphatic carbocycles. The first-order valence-corrected chi connectivity index (χ1v) is 8.62. The minimum atomic E-state index is -0.0741. The summed E-state index contributed by atoms with van der Waals surface area (Å²) in [4.78, 5) is 18.5. The van der Waals surface area contributed by atoms with Crippen molar-refractivity contribution < 1.29 is 4.79 Å². The quantitative estimate of drug-likeness (QED) is 0.830. The normalized spacial score (nSPS) is 13.9. The highest BCUT2D eigenvalue weighted by Gasteiger charge is 2.17.